The predicted octanol–water partition coefficient (Wildman–Crippen LogP) is -0.0836. The van der Waals surface area contributed by atoms with Crippen molar-refractivity contribution in [3.05, 3.63) is 46.7 Å². The van der Waals surface area contributed by atoms with E-state index < -0.39 is 0 Å². The van der Waals surface area contributed by atoms with E-state index in [2.05, 4.69) is 20.2 Å². The molecule has 17 heavy (non-hydrogen) atoms. The van der Waals surface area contributed by atoms with Gasteiger partial charge in [-0.2, -0.15) is 5.10 Å². The summed E-state index contributed by atoms with van der Waals surface area (Å²) < 4.78 is 1.69. The molecule has 0 fully saturated rings. The highest BCUT2D eigenvalue weighted by atomic mass is 16.1. The smallest absolute Gasteiger partial charge is 0.264 e. The van der Waals surface area contributed by atoms with Crippen LogP contribution in [-0.4, -0.2) is 24.7 Å². The van der Waals surface area contributed by atoms with Crippen molar-refractivity contribution in [1.82, 2.24) is 24.7 Å². The first-order chi connectivity index (χ1) is 8.25. The summed E-state index contributed by atoms with van der Waals surface area (Å²) in [5, 5.41) is 14.6. The Morgan fingerprint density at radius 2 is 2.18 bits per heavy atom. The third-order valence-electron chi connectivity index (χ3n) is 2.45. The van der Waals surface area contributed by atoms with E-state index in [-0.39, 0.29) is 11.0 Å². The average molecular weight is 228 g/mol. The van der Waals surface area contributed by atoms with Gasteiger partial charge in [0, 0.05) is 18.5 Å². The van der Waals surface area contributed by atoms with Gasteiger partial charge in [0.15, 0.2) is 11.3 Å². The highest BCUT2D eigenvalue weighted by Crippen LogP contribution is 2.11. The summed E-state index contributed by atoms with van der Waals surface area (Å²) in [7, 11) is 0. The number of hydrogen-bond acceptors (Lipinski definition) is 4. The molecule has 0 aliphatic heterocycles. The zero-order chi connectivity index (χ0) is 11.8. The van der Waals surface area contributed by atoms with Gasteiger partial charge < -0.3 is 4.98 Å². The van der Waals surface area contributed by atoms with Gasteiger partial charge in [0.2, 0.25) is 0 Å². The topological polar surface area (TPSA) is 103 Å². The normalized spacial score (nSPS) is 10.8. The van der Waals surface area contributed by atoms with Crippen LogP contribution in [0.3, 0.4) is 0 Å². The summed E-state index contributed by atoms with van der Waals surface area (Å²) in [6, 6.07) is 2.99. The second-order valence-corrected chi connectivity index (χ2v) is 3.50. The van der Waals surface area contributed by atoms with Gasteiger partial charge in [-0.05, 0) is 6.07 Å². The highest BCUT2D eigenvalue weighted by Gasteiger charge is 2.05. The first-order valence-electron chi connectivity index (χ1n) is 4.90. The van der Waals surface area contributed by atoms with Crippen molar-refractivity contribution in [3.63, 3.8) is 0 Å². The minimum atomic E-state index is -0.260. The second kappa shape index (κ2) is 3.41. The number of nitrogens with one attached hydrogen (secondary N) is 3. The van der Waals surface area contributed by atoms with Gasteiger partial charge in [-0.25, -0.2) is 10.1 Å². The average Bonchev–Trinajstić information content (AvgIpc) is 2.81. The minimum absolute atomic E-state index is 0.196. The number of aromatic amines is 2. The van der Waals surface area contributed by atoms with Crippen LogP contribution in [0.4, 0.5) is 0 Å². The Balaban J connectivity index is 2.34. The molecule has 0 radical (unpaired) electrons. The maximum absolute atomic E-state index is 10.9. The Morgan fingerprint density at radius 1 is 1.29 bits per heavy atom. The summed E-state index contributed by atoms with van der Waals surface area (Å²) in [4.78, 5) is 17.8. The van der Waals surface area contributed by atoms with E-state index in [1.165, 1.54) is 12.4 Å². The molecule has 0 spiro atoms. The molecule has 0 atom stereocenters. The summed E-state index contributed by atoms with van der Waals surface area (Å²) in [5.41, 5.74) is 0.719. The number of aromatic nitrogens is 5. The van der Waals surface area contributed by atoms with Crippen LogP contribution in [0.1, 0.15) is 0 Å². The molecule has 0 amide bonds. The molecule has 0 aliphatic carbocycles. The van der Waals surface area contributed by atoms with E-state index in [9.17, 15) is 4.79 Å². The Bertz CT molecular complexity index is 776. The number of rotatable bonds is 1. The Labute approximate surface area is 94.3 Å². The van der Waals surface area contributed by atoms with Crippen molar-refractivity contribution in [2.24, 2.45) is 0 Å². The van der Waals surface area contributed by atoms with Crippen molar-refractivity contribution in [2.45, 2.75) is 0 Å². The largest absolute Gasteiger partial charge is 0.365 e. The lowest BCUT2D eigenvalue weighted by atomic mass is 10.3. The van der Waals surface area contributed by atoms with Gasteiger partial charge in [-0.15, -0.1) is 0 Å². The van der Waals surface area contributed by atoms with Gasteiger partial charge in [-0.3, -0.25) is 14.8 Å². The van der Waals surface area contributed by atoms with Crippen molar-refractivity contribution in [1.29, 1.82) is 5.41 Å². The number of nitrogens with zero attached hydrogens (tertiary/aromatic N) is 3. The molecule has 3 aromatic heterocycles. The first kappa shape index (κ1) is 9.52. The number of hydrogen-bond donors (Lipinski definition) is 3. The molecule has 3 N–H and O–H groups in total. The molecule has 7 heteroatoms. The van der Waals surface area contributed by atoms with E-state index in [0.29, 0.717) is 11.2 Å². The summed E-state index contributed by atoms with van der Waals surface area (Å²) in [6.07, 6.45) is 4.95. The first-order valence-corrected chi connectivity index (χ1v) is 4.90. The van der Waals surface area contributed by atoms with E-state index in [1.54, 1.807) is 23.0 Å². The Morgan fingerprint density at radius 3 is 2.94 bits per heavy atom. The van der Waals surface area contributed by atoms with Crippen LogP contribution < -0.4 is 11.0 Å². The Hall–Kier alpha value is -2.70. The van der Waals surface area contributed by atoms with E-state index in [1.807, 2.05) is 0 Å². The minimum Gasteiger partial charge on any atom is -0.365 e. The summed E-state index contributed by atoms with van der Waals surface area (Å²) in [6.45, 7) is 0. The van der Waals surface area contributed by atoms with Crippen LogP contribution >= 0.6 is 0 Å². The van der Waals surface area contributed by atoms with E-state index in [0.717, 1.165) is 5.52 Å². The zero-order valence-corrected chi connectivity index (χ0v) is 8.64. The second-order valence-electron chi connectivity index (χ2n) is 3.50. The van der Waals surface area contributed by atoms with Crippen molar-refractivity contribution >= 4 is 10.9 Å². The van der Waals surface area contributed by atoms with Crippen molar-refractivity contribution < 1.29 is 0 Å². The van der Waals surface area contributed by atoms with Crippen molar-refractivity contribution in [3.8, 4) is 5.82 Å². The van der Waals surface area contributed by atoms with E-state index >= 15 is 0 Å². The molecule has 84 valence electrons. The van der Waals surface area contributed by atoms with Crippen LogP contribution in [0.5, 0.6) is 0 Å². The van der Waals surface area contributed by atoms with E-state index in [4.69, 9.17) is 5.41 Å². The third-order valence-corrected chi connectivity index (χ3v) is 2.45. The lowest BCUT2D eigenvalue weighted by Gasteiger charge is -2.05. The molecular weight excluding hydrogens is 220 g/mol. The SMILES string of the molecule is N=c1ncn(-c2ccc(=O)[nH]n2)c2c[nH]cc12. The molecule has 0 bridgehead atoms. The molecule has 7 nitrogen and oxygen atoms in total. The summed E-state index contributed by atoms with van der Waals surface area (Å²) >= 11 is 0. The molecule has 0 aliphatic rings. The van der Waals surface area contributed by atoms with Crippen LogP contribution in [0, 0.1) is 5.41 Å². The van der Waals surface area contributed by atoms with Crippen LogP contribution in [0.2, 0.25) is 0 Å². The lowest BCUT2D eigenvalue weighted by Crippen LogP contribution is -2.13. The fourth-order valence-electron chi connectivity index (χ4n) is 1.65. The van der Waals surface area contributed by atoms with Gasteiger partial charge in [0.25, 0.3) is 5.56 Å². The third kappa shape index (κ3) is 1.44. The van der Waals surface area contributed by atoms with Crippen LogP contribution in [0.15, 0.2) is 35.6 Å². The fourth-order valence-corrected chi connectivity index (χ4v) is 1.65. The quantitative estimate of drug-likeness (QED) is 0.542. The predicted molar refractivity (Wildman–Crippen MR) is 59.7 cm³/mol. The van der Waals surface area contributed by atoms with Gasteiger partial charge >= 0.3 is 0 Å². The highest BCUT2D eigenvalue weighted by molar-refractivity contribution is 5.78. The molecule has 3 heterocycles. The molecule has 3 rings (SSSR count). The zero-order valence-electron chi connectivity index (χ0n) is 8.64. The standard InChI is InChI=1S/C10H8N6O/c11-10-6-3-12-4-7(6)16(5-13-10)8-1-2-9(17)15-14-8/h1-5,11-12H,(H,15,17). The summed E-state index contributed by atoms with van der Waals surface area (Å²) in [5.74, 6) is 0.543. The maximum Gasteiger partial charge on any atom is 0.264 e. The molecule has 0 aromatic carbocycles. The molecule has 0 saturated carbocycles. The number of H-pyrrole nitrogens is 2. The monoisotopic (exact) mass is 228 g/mol. The molecule has 0 saturated heterocycles. The van der Waals surface area contributed by atoms with Gasteiger partial charge in [0.1, 0.15) is 6.33 Å². The lowest BCUT2D eigenvalue weighted by molar-refractivity contribution is 0.883. The Kier molecular flexibility index (Phi) is 1.91. The number of fused-ring (bicyclic) bond motifs is 1. The van der Waals surface area contributed by atoms with Crippen LogP contribution in [-0.2, 0) is 0 Å². The fraction of sp³-hybridized carbons (Fsp3) is 0. The van der Waals surface area contributed by atoms with Crippen molar-refractivity contribution in [2.75, 3.05) is 0 Å². The molecular formula is C10H8N6O. The van der Waals surface area contributed by atoms with Gasteiger partial charge in [-0.1, -0.05) is 0 Å². The van der Waals surface area contributed by atoms with Gasteiger partial charge in [0.05, 0.1) is 10.9 Å². The van der Waals surface area contributed by atoms with Crippen LogP contribution in [0.25, 0.3) is 16.7 Å². The molecule has 3 aromatic rings. The molecule has 0 unspecified atom stereocenters. The maximum atomic E-state index is 10.9.